The normalized spacial score (nSPS) is 18.1. The lowest BCUT2D eigenvalue weighted by molar-refractivity contribution is -0.464. The van der Waals surface area contributed by atoms with Crippen molar-refractivity contribution in [1.29, 1.82) is 0 Å². The number of esters is 1. The van der Waals surface area contributed by atoms with E-state index in [2.05, 4.69) is 40.4 Å². The summed E-state index contributed by atoms with van der Waals surface area (Å²) in [6, 6.07) is 0.0961. The monoisotopic (exact) mass is 258 g/mol. The smallest absolute Gasteiger partial charge is 0.311 e. The van der Waals surface area contributed by atoms with E-state index in [0.717, 1.165) is 6.42 Å². The summed E-state index contributed by atoms with van der Waals surface area (Å²) in [7, 11) is 0. The van der Waals surface area contributed by atoms with Crippen LogP contribution >= 0.6 is 0 Å². The second kappa shape index (κ2) is 6.05. The highest BCUT2D eigenvalue weighted by Crippen LogP contribution is 2.28. The van der Waals surface area contributed by atoms with Gasteiger partial charge in [-0.1, -0.05) is 34.6 Å². The van der Waals surface area contributed by atoms with Crippen molar-refractivity contribution in [3.63, 3.8) is 0 Å². The predicted octanol–water partition coefficient (Wildman–Crippen LogP) is 2.65. The number of ether oxygens (including phenoxy) is 1. The highest BCUT2D eigenvalue weighted by atomic mass is 16.5. The number of hydrogen-bond donors (Lipinski definition) is 1. The maximum absolute atomic E-state index is 12.1. The Bertz CT molecular complexity index is 273. The van der Waals surface area contributed by atoms with Crippen LogP contribution in [0.1, 0.15) is 61.8 Å². The molecule has 0 saturated carbocycles. The van der Waals surface area contributed by atoms with Gasteiger partial charge in [-0.2, -0.15) is 0 Å². The van der Waals surface area contributed by atoms with Crippen molar-refractivity contribution < 1.29 is 15.3 Å². The van der Waals surface area contributed by atoms with Crippen molar-refractivity contribution in [2.24, 2.45) is 16.7 Å². The Hall–Kier alpha value is -0.570. The van der Waals surface area contributed by atoms with Gasteiger partial charge < -0.3 is 10.5 Å². The zero-order valence-corrected chi connectivity index (χ0v) is 13.5. The van der Waals surface area contributed by atoms with Gasteiger partial charge in [-0.05, 0) is 33.1 Å². The molecule has 0 aliphatic carbocycles. The third kappa shape index (κ3) is 4.97. The van der Waals surface area contributed by atoms with Crippen LogP contribution in [0, 0.1) is 16.7 Å². The molecule has 0 amide bonds. The van der Waals surface area contributed by atoms with Crippen molar-refractivity contribution in [2.45, 2.75) is 74.0 Å². The molecule has 3 heteroatoms. The summed E-state index contributed by atoms with van der Waals surface area (Å²) >= 11 is 0. The van der Waals surface area contributed by atoms with Crippen molar-refractivity contribution in [2.75, 3.05) is 0 Å². The minimum absolute atomic E-state index is 0.0340. The Labute approximate surface area is 112 Å². The average Bonchev–Trinajstić information content (AvgIpc) is 2.20. The number of carbonyl (C=O) groups is 1. The van der Waals surface area contributed by atoms with Gasteiger partial charge in [-0.25, -0.2) is 0 Å². The molecule has 0 fully saturated rings. The first-order chi connectivity index (χ1) is 7.91. The largest absolute Gasteiger partial charge is 0.455 e. The second-order valence-corrected chi connectivity index (χ2v) is 7.48. The minimum Gasteiger partial charge on any atom is -0.455 e. The summed E-state index contributed by atoms with van der Waals surface area (Å²) in [4.78, 5) is 12.1. The lowest BCUT2D eigenvalue weighted by atomic mass is 9.79. The summed E-state index contributed by atoms with van der Waals surface area (Å²) in [6.45, 7) is 16.3. The maximum atomic E-state index is 12.1. The van der Waals surface area contributed by atoms with Crippen LogP contribution in [-0.4, -0.2) is 18.1 Å². The van der Waals surface area contributed by atoms with Crippen LogP contribution in [-0.2, 0) is 9.53 Å². The minimum atomic E-state index is -0.455. The molecule has 0 rings (SSSR count). The van der Waals surface area contributed by atoms with Gasteiger partial charge in [0.2, 0.25) is 0 Å². The third-order valence-electron chi connectivity index (χ3n) is 3.57. The van der Waals surface area contributed by atoms with Crippen LogP contribution in [0.5, 0.6) is 0 Å². The van der Waals surface area contributed by atoms with E-state index < -0.39 is 5.41 Å². The summed E-state index contributed by atoms with van der Waals surface area (Å²) in [5.74, 6) is 0.198. The van der Waals surface area contributed by atoms with Crippen LogP contribution in [0.25, 0.3) is 0 Å². The van der Waals surface area contributed by atoms with E-state index in [9.17, 15) is 4.79 Å². The summed E-state index contributed by atoms with van der Waals surface area (Å²) in [6.07, 6.45) is 0.881. The third-order valence-corrected chi connectivity index (χ3v) is 3.57. The van der Waals surface area contributed by atoms with E-state index >= 15 is 0 Å². The Morgan fingerprint density at radius 2 is 1.61 bits per heavy atom. The molecule has 0 aliphatic rings. The van der Waals surface area contributed by atoms with Gasteiger partial charge in [0.15, 0.2) is 6.10 Å². The zero-order valence-electron chi connectivity index (χ0n) is 13.5. The number of hydrogen-bond acceptors (Lipinski definition) is 2. The molecule has 108 valence electrons. The fourth-order valence-corrected chi connectivity index (χ4v) is 1.62. The molecule has 0 saturated heterocycles. The average molecular weight is 258 g/mol. The van der Waals surface area contributed by atoms with Crippen LogP contribution in [0.2, 0.25) is 0 Å². The molecule has 3 nitrogen and oxygen atoms in total. The molecule has 0 aromatic carbocycles. The van der Waals surface area contributed by atoms with E-state index in [1.807, 2.05) is 20.8 Å². The first-order valence-electron chi connectivity index (χ1n) is 6.95. The molecule has 3 unspecified atom stereocenters. The van der Waals surface area contributed by atoms with E-state index in [1.54, 1.807) is 0 Å². The lowest BCUT2D eigenvalue weighted by Crippen LogP contribution is -2.73. The number of carbonyl (C=O) groups excluding carboxylic acids is 1. The first-order valence-corrected chi connectivity index (χ1v) is 6.95. The Morgan fingerprint density at radius 3 is 1.89 bits per heavy atom. The molecule has 0 bridgehead atoms. The summed E-state index contributed by atoms with van der Waals surface area (Å²) < 4.78 is 5.75. The van der Waals surface area contributed by atoms with Crippen LogP contribution < -0.4 is 5.73 Å². The predicted molar refractivity (Wildman–Crippen MR) is 74.9 cm³/mol. The highest BCUT2D eigenvalue weighted by Gasteiger charge is 2.39. The van der Waals surface area contributed by atoms with Crippen molar-refractivity contribution in [1.82, 2.24) is 0 Å². The van der Waals surface area contributed by atoms with Gasteiger partial charge in [-0.15, -0.1) is 0 Å². The maximum Gasteiger partial charge on any atom is 0.311 e. The van der Waals surface area contributed by atoms with Gasteiger partial charge in [0.1, 0.15) is 6.04 Å². The molecule has 0 aliphatic heterocycles. The van der Waals surface area contributed by atoms with E-state index in [4.69, 9.17) is 4.74 Å². The van der Waals surface area contributed by atoms with Gasteiger partial charge >= 0.3 is 5.97 Å². The standard InChI is InChI=1S/C15H31NO2/c1-9-10(2)11(12(16)14(3,4)5)18-13(17)15(6,7)8/h10-12H,9,16H2,1-8H3/p+1. The van der Waals surface area contributed by atoms with E-state index in [0.29, 0.717) is 5.92 Å². The van der Waals surface area contributed by atoms with Crippen molar-refractivity contribution >= 4 is 5.97 Å². The van der Waals surface area contributed by atoms with Gasteiger partial charge in [-0.3, -0.25) is 4.79 Å². The van der Waals surface area contributed by atoms with Crippen LogP contribution in [0.3, 0.4) is 0 Å². The topological polar surface area (TPSA) is 53.9 Å². The first kappa shape index (κ1) is 17.4. The number of rotatable bonds is 4. The molecule has 0 aromatic heterocycles. The molecule has 0 aromatic rings. The van der Waals surface area contributed by atoms with E-state index in [-0.39, 0.29) is 23.5 Å². The fourth-order valence-electron chi connectivity index (χ4n) is 1.62. The Morgan fingerprint density at radius 1 is 1.17 bits per heavy atom. The molecule has 0 heterocycles. The molecule has 18 heavy (non-hydrogen) atoms. The van der Waals surface area contributed by atoms with Gasteiger partial charge in [0, 0.05) is 5.41 Å². The van der Waals surface area contributed by atoms with Crippen LogP contribution in [0.4, 0.5) is 0 Å². The molecule has 3 atom stereocenters. The van der Waals surface area contributed by atoms with Crippen molar-refractivity contribution in [3.8, 4) is 0 Å². The molecular weight excluding hydrogens is 226 g/mol. The van der Waals surface area contributed by atoms with Gasteiger partial charge in [0.25, 0.3) is 0 Å². The quantitative estimate of drug-likeness (QED) is 0.788. The highest BCUT2D eigenvalue weighted by molar-refractivity contribution is 5.75. The summed E-state index contributed by atoms with van der Waals surface area (Å²) in [5, 5.41) is 0. The fraction of sp³-hybridized carbons (Fsp3) is 0.933. The van der Waals surface area contributed by atoms with Crippen molar-refractivity contribution in [3.05, 3.63) is 0 Å². The molecule has 0 spiro atoms. The zero-order chi connectivity index (χ0) is 14.7. The molecule has 3 N–H and O–H groups in total. The molecule has 0 radical (unpaired) electrons. The number of quaternary nitrogens is 1. The Kier molecular flexibility index (Phi) is 5.86. The van der Waals surface area contributed by atoms with Gasteiger partial charge in [0.05, 0.1) is 5.41 Å². The summed E-state index contributed by atoms with van der Waals surface area (Å²) in [5.41, 5.74) is 3.82. The van der Waals surface area contributed by atoms with Crippen LogP contribution in [0.15, 0.2) is 0 Å². The SMILES string of the molecule is CCC(C)C(OC(=O)C(C)(C)C)C([NH3+])C(C)(C)C. The molecular formula is C15H32NO2+. The lowest BCUT2D eigenvalue weighted by Gasteiger charge is -2.35. The Balaban J connectivity index is 4.98. The van der Waals surface area contributed by atoms with E-state index in [1.165, 1.54) is 0 Å². The second-order valence-electron chi connectivity index (χ2n) is 7.48.